The second-order valence-corrected chi connectivity index (χ2v) is 4.11. The summed E-state index contributed by atoms with van der Waals surface area (Å²) in [5.74, 6) is 0.855. The number of para-hydroxylation sites is 1. The first-order chi connectivity index (χ1) is 8.25. The highest BCUT2D eigenvalue weighted by atomic mass is 32.1. The molecule has 3 heteroatoms. The summed E-state index contributed by atoms with van der Waals surface area (Å²) in [6, 6.07) is 17.5. The van der Waals surface area contributed by atoms with Crippen molar-refractivity contribution >= 4 is 17.2 Å². The molecule has 0 heterocycles. The van der Waals surface area contributed by atoms with Crippen LogP contribution in [0.5, 0.6) is 5.75 Å². The zero-order valence-electron chi connectivity index (χ0n) is 9.30. The van der Waals surface area contributed by atoms with Gasteiger partial charge in [0.15, 0.2) is 0 Å². The lowest BCUT2D eigenvalue weighted by Gasteiger charge is -2.07. The average Bonchev–Trinajstić information content (AvgIpc) is 2.38. The first kappa shape index (κ1) is 11.6. The molecule has 0 radical (unpaired) electrons. The van der Waals surface area contributed by atoms with Crippen LogP contribution in [0.4, 0.5) is 0 Å². The predicted molar refractivity (Wildman–Crippen MR) is 73.1 cm³/mol. The predicted octanol–water partition coefficient (Wildman–Crippen LogP) is 2.90. The Labute approximate surface area is 106 Å². The van der Waals surface area contributed by atoms with E-state index in [1.54, 1.807) is 0 Å². The van der Waals surface area contributed by atoms with E-state index >= 15 is 0 Å². The second kappa shape index (κ2) is 5.46. The maximum absolute atomic E-state index is 5.64. The lowest BCUT2D eigenvalue weighted by Crippen LogP contribution is -2.09. The molecular formula is C14H13NOS. The zero-order valence-corrected chi connectivity index (χ0v) is 10.1. The smallest absolute Gasteiger partial charge is 0.119 e. The van der Waals surface area contributed by atoms with E-state index in [1.807, 2.05) is 54.6 Å². The average molecular weight is 243 g/mol. The van der Waals surface area contributed by atoms with Gasteiger partial charge < -0.3 is 10.5 Å². The first-order valence-electron chi connectivity index (χ1n) is 5.32. The Morgan fingerprint density at radius 1 is 1.06 bits per heavy atom. The number of hydrogen-bond donors (Lipinski definition) is 1. The molecule has 0 aromatic heterocycles. The van der Waals surface area contributed by atoms with Gasteiger partial charge in [0.05, 0.1) is 0 Å². The summed E-state index contributed by atoms with van der Waals surface area (Å²) in [5.41, 5.74) is 7.50. The molecule has 2 rings (SSSR count). The lowest BCUT2D eigenvalue weighted by molar-refractivity contribution is 0.306. The van der Waals surface area contributed by atoms with Crippen molar-refractivity contribution in [2.75, 3.05) is 0 Å². The minimum atomic E-state index is 0.409. The number of thiocarbonyl (C=S) groups is 1. The molecule has 0 bridgehead atoms. The Morgan fingerprint density at radius 2 is 1.82 bits per heavy atom. The summed E-state index contributed by atoms with van der Waals surface area (Å²) in [5, 5.41) is 0. The van der Waals surface area contributed by atoms with E-state index in [-0.39, 0.29) is 0 Å². The number of ether oxygens (including phenoxy) is 1. The highest BCUT2D eigenvalue weighted by Gasteiger charge is 1.99. The quantitative estimate of drug-likeness (QED) is 0.839. The van der Waals surface area contributed by atoms with Gasteiger partial charge in [0, 0.05) is 5.56 Å². The normalized spacial score (nSPS) is 9.88. The molecule has 0 fully saturated rings. The summed E-state index contributed by atoms with van der Waals surface area (Å²) >= 11 is 4.94. The van der Waals surface area contributed by atoms with Crippen LogP contribution in [0.1, 0.15) is 11.1 Å². The van der Waals surface area contributed by atoms with Crippen molar-refractivity contribution in [2.45, 2.75) is 6.61 Å². The Hall–Kier alpha value is -1.87. The van der Waals surface area contributed by atoms with E-state index in [0.29, 0.717) is 11.6 Å². The van der Waals surface area contributed by atoms with Gasteiger partial charge in [-0.2, -0.15) is 0 Å². The number of benzene rings is 2. The van der Waals surface area contributed by atoms with E-state index in [0.717, 1.165) is 16.9 Å². The van der Waals surface area contributed by atoms with Crippen molar-refractivity contribution in [3.8, 4) is 5.75 Å². The number of nitrogens with two attached hydrogens (primary N) is 1. The molecule has 0 amide bonds. The second-order valence-electron chi connectivity index (χ2n) is 3.67. The molecule has 0 aliphatic carbocycles. The van der Waals surface area contributed by atoms with E-state index in [9.17, 15) is 0 Å². The van der Waals surface area contributed by atoms with Crippen LogP contribution in [-0.4, -0.2) is 4.99 Å². The van der Waals surface area contributed by atoms with Gasteiger partial charge in [-0.05, 0) is 23.8 Å². The van der Waals surface area contributed by atoms with E-state index in [4.69, 9.17) is 22.7 Å². The maximum Gasteiger partial charge on any atom is 0.119 e. The minimum Gasteiger partial charge on any atom is -0.489 e. The van der Waals surface area contributed by atoms with Gasteiger partial charge in [-0.25, -0.2) is 0 Å². The third kappa shape index (κ3) is 3.29. The van der Waals surface area contributed by atoms with Crippen LogP contribution in [0.3, 0.4) is 0 Å². The van der Waals surface area contributed by atoms with Crippen molar-refractivity contribution in [3.05, 3.63) is 65.7 Å². The lowest BCUT2D eigenvalue weighted by atomic mass is 10.1. The highest BCUT2D eigenvalue weighted by molar-refractivity contribution is 7.80. The molecule has 0 atom stereocenters. The third-order valence-electron chi connectivity index (χ3n) is 2.36. The van der Waals surface area contributed by atoms with Gasteiger partial charge in [0.1, 0.15) is 17.3 Å². The summed E-state index contributed by atoms with van der Waals surface area (Å²) < 4.78 is 5.64. The van der Waals surface area contributed by atoms with Crippen LogP contribution in [0.15, 0.2) is 54.6 Å². The van der Waals surface area contributed by atoms with Crippen molar-refractivity contribution in [1.29, 1.82) is 0 Å². The number of rotatable bonds is 4. The van der Waals surface area contributed by atoms with Crippen molar-refractivity contribution in [1.82, 2.24) is 0 Å². The monoisotopic (exact) mass is 243 g/mol. The molecule has 2 aromatic carbocycles. The molecule has 0 saturated carbocycles. The van der Waals surface area contributed by atoms with Gasteiger partial charge in [0.25, 0.3) is 0 Å². The van der Waals surface area contributed by atoms with E-state index < -0.39 is 0 Å². The topological polar surface area (TPSA) is 35.2 Å². The van der Waals surface area contributed by atoms with Crippen LogP contribution >= 0.6 is 12.2 Å². The molecular weight excluding hydrogens is 230 g/mol. The van der Waals surface area contributed by atoms with Crippen molar-refractivity contribution in [2.24, 2.45) is 5.73 Å². The van der Waals surface area contributed by atoms with Crippen LogP contribution < -0.4 is 10.5 Å². The fraction of sp³-hybridized carbons (Fsp3) is 0.0714. The van der Waals surface area contributed by atoms with Gasteiger partial charge in [0.2, 0.25) is 0 Å². The fourth-order valence-electron chi connectivity index (χ4n) is 1.50. The molecule has 0 unspecified atom stereocenters. The summed E-state index contributed by atoms with van der Waals surface area (Å²) in [6.45, 7) is 0.514. The fourth-order valence-corrected chi connectivity index (χ4v) is 1.62. The van der Waals surface area contributed by atoms with Crippen LogP contribution in [0, 0.1) is 0 Å². The SMILES string of the molecule is NC(=S)c1cccc(COc2ccccc2)c1. The Balaban J connectivity index is 2.04. The molecule has 2 N–H and O–H groups in total. The standard InChI is InChI=1S/C14H13NOS/c15-14(17)12-6-4-5-11(9-12)10-16-13-7-2-1-3-8-13/h1-9H,10H2,(H2,15,17). The van der Waals surface area contributed by atoms with Gasteiger partial charge in [-0.15, -0.1) is 0 Å². The molecule has 86 valence electrons. The Morgan fingerprint density at radius 3 is 2.53 bits per heavy atom. The number of hydrogen-bond acceptors (Lipinski definition) is 2. The molecule has 0 saturated heterocycles. The molecule has 2 nitrogen and oxygen atoms in total. The molecule has 0 aliphatic heterocycles. The van der Waals surface area contributed by atoms with Gasteiger partial charge in [-0.1, -0.05) is 48.6 Å². The summed E-state index contributed by atoms with van der Waals surface area (Å²) in [7, 11) is 0. The highest BCUT2D eigenvalue weighted by Crippen LogP contribution is 2.12. The Bertz CT molecular complexity index is 511. The van der Waals surface area contributed by atoms with Crippen LogP contribution in [0.2, 0.25) is 0 Å². The third-order valence-corrected chi connectivity index (χ3v) is 2.60. The summed E-state index contributed by atoms with van der Waals surface area (Å²) in [4.78, 5) is 0.409. The van der Waals surface area contributed by atoms with Gasteiger partial charge >= 0.3 is 0 Å². The summed E-state index contributed by atoms with van der Waals surface area (Å²) in [6.07, 6.45) is 0. The molecule has 17 heavy (non-hydrogen) atoms. The largest absolute Gasteiger partial charge is 0.489 e. The molecule has 2 aromatic rings. The van der Waals surface area contributed by atoms with Gasteiger partial charge in [-0.3, -0.25) is 0 Å². The Kier molecular flexibility index (Phi) is 3.73. The minimum absolute atomic E-state index is 0.409. The zero-order chi connectivity index (χ0) is 12.1. The van der Waals surface area contributed by atoms with Crippen LogP contribution in [0.25, 0.3) is 0 Å². The van der Waals surface area contributed by atoms with E-state index in [2.05, 4.69) is 0 Å². The van der Waals surface area contributed by atoms with E-state index in [1.165, 1.54) is 0 Å². The maximum atomic E-state index is 5.64. The van der Waals surface area contributed by atoms with Crippen molar-refractivity contribution < 1.29 is 4.74 Å². The molecule has 0 aliphatic rings. The van der Waals surface area contributed by atoms with Crippen LogP contribution in [-0.2, 0) is 6.61 Å². The van der Waals surface area contributed by atoms with Crippen molar-refractivity contribution in [3.63, 3.8) is 0 Å². The first-order valence-corrected chi connectivity index (χ1v) is 5.73. The molecule has 0 spiro atoms.